The van der Waals surface area contributed by atoms with Crippen LogP contribution in [0, 0.1) is 0 Å². The van der Waals surface area contributed by atoms with Crippen LogP contribution in [-0.4, -0.2) is 79.8 Å². The third-order valence-corrected chi connectivity index (χ3v) is 24.7. The summed E-state index contributed by atoms with van der Waals surface area (Å²) in [5, 5.41) is 15.0. The van der Waals surface area contributed by atoms with E-state index in [-0.39, 0.29) is 0 Å². The van der Waals surface area contributed by atoms with Crippen molar-refractivity contribution >= 4 is 34.7 Å². The Balaban J connectivity index is 1.07. The van der Waals surface area contributed by atoms with Crippen molar-refractivity contribution in [1.82, 2.24) is 51.2 Å². The smallest absolute Gasteiger partial charge is 0.203 e. The largest absolute Gasteiger partial charge is 0.490 e. The minimum atomic E-state index is 0.375. The zero-order chi connectivity index (χ0) is 89.1. The van der Waals surface area contributed by atoms with E-state index in [9.17, 15) is 0 Å². The number of thiocarbonyl (C=S) groups is 2. The van der Waals surface area contributed by atoms with Crippen LogP contribution in [0.25, 0.3) is 34.4 Å². The normalized spacial score (nSPS) is 11.3. The Morgan fingerprint density at radius 2 is 0.421 bits per heavy atom. The van der Waals surface area contributed by atoms with Gasteiger partial charge in [-0.2, -0.15) is 0 Å². The minimum Gasteiger partial charge on any atom is -0.490 e. The van der Waals surface area contributed by atoms with Crippen molar-refractivity contribution in [3.63, 3.8) is 0 Å². The summed E-state index contributed by atoms with van der Waals surface area (Å²) in [4.78, 5) is 28.8. The second kappa shape index (κ2) is 74.8. The zero-order valence-corrected chi connectivity index (χ0v) is 82.2. The summed E-state index contributed by atoms with van der Waals surface area (Å²) in [6.45, 7) is 19.4. The topological polar surface area (TPSA) is 181 Å². The molecule has 6 rings (SSSR count). The molecule has 0 radical (unpaired) electrons. The molecule has 0 saturated carbocycles. The van der Waals surface area contributed by atoms with Gasteiger partial charge in [0.05, 0.1) is 62.4 Å². The molecule has 0 saturated heterocycles. The fraction of sp³-hybridized carbons (Fsp3) is 0.704. The van der Waals surface area contributed by atoms with Crippen molar-refractivity contribution in [2.75, 3.05) is 39.6 Å². The number of nitrogens with one attached hydrogen (secondary N) is 4. The second-order valence-electron chi connectivity index (χ2n) is 35.7. The molecule has 4 N–H and O–H groups in total. The average molecular weight is 1770 g/mol. The molecule has 706 valence electrons. The molecule has 4 aromatic heterocycles. The van der Waals surface area contributed by atoms with Gasteiger partial charge < -0.3 is 49.7 Å². The highest BCUT2D eigenvalue weighted by Gasteiger charge is 2.21. The van der Waals surface area contributed by atoms with E-state index in [1.807, 2.05) is 36.4 Å². The standard InChI is InChI=1S/C108H176N10O6S2/c1-7-13-19-25-31-37-43-49-55-61-75-119-99-83-93(84-100(120-76-62-56-50-44-38-32-26-20-14-8-2)103(99)123-79-65-59-53-47-41-35-29-23-17-11-5)89-115-107(125)113-87-91-67-71-109-97(81-91)95-69-73-111-105(117-95)106-112-74-70-96(118-106)98-82-92(68-72-110-98)88-114-108(126)116-90-94-85-101(121-77-63-57-51-45-39-33-27-21-15-9-3)104(124-80-66-60-54-48-42-36-30-24-18-12-6)102(86-94)122-78-64-58-52-46-40-34-28-22-16-10-4/h67-74,81-86H,7-66,75-80,87-90H2,1-6H3,(H2,113,115,125)(H2,114,116,126). The van der Waals surface area contributed by atoms with Gasteiger partial charge in [-0.05, 0) is 146 Å². The first kappa shape index (κ1) is 108. The summed E-state index contributed by atoms with van der Waals surface area (Å²) in [5.74, 6) is 5.23. The fourth-order valence-electron chi connectivity index (χ4n) is 16.3. The van der Waals surface area contributed by atoms with Crippen LogP contribution >= 0.6 is 24.4 Å². The molecule has 0 aliphatic carbocycles. The highest BCUT2D eigenvalue weighted by atomic mass is 32.1. The van der Waals surface area contributed by atoms with Gasteiger partial charge in [0.15, 0.2) is 44.9 Å². The second-order valence-corrected chi connectivity index (χ2v) is 36.5. The molecule has 2 aromatic carbocycles. The quantitative estimate of drug-likeness (QED) is 0.0209. The molecule has 0 amide bonds. The Bertz CT molecular complexity index is 3350. The molecular formula is C108H176N10O6S2. The van der Waals surface area contributed by atoms with Gasteiger partial charge in [-0.25, -0.2) is 19.9 Å². The minimum absolute atomic E-state index is 0.375. The van der Waals surface area contributed by atoms with Gasteiger partial charge in [-0.1, -0.05) is 388 Å². The number of ether oxygens (including phenoxy) is 6. The Morgan fingerprint density at radius 3 is 0.651 bits per heavy atom. The monoisotopic (exact) mass is 1770 g/mol. The average Bonchev–Trinajstić information content (AvgIpc) is 0.833. The summed E-state index contributed by atoms with van der Waals surface area (Å²) < 4.78 is 40.4. The number of hydrogen-bond acceptors (Lipinski definition) is 14. The van der Waals surface area contributed by atoms with Crippen LogP contribution in [0.5, 0.6) is 34.5 Å². The molecule has 126 heavy (non-hydrogen) atoms. The van der Waals surface area contributed by atoms with E-state index >= 15 is 0 Å². The number of rotatable bonds is 83. The van der Waals surface area contributed by atoms with Gasteiger partial charge in [-0.15, -0.1) is 0 Å². The van der Waals surface area contributed by atoms with Crippen LogP contribution in [0.15, 0.2) is 85.5 Å². The summed E-state index contributed by atoms with van der Waals surface area (Å²) >= 11 is 12.0. The summed E-state index contributed by atoms with van der Waals surface area (Å²) in [6, 6.07) is 20.3. The van der Waals surface area contributed by atoms with Crippen molar-refractivity contribution in [3.05, 3.63) is 108 Å². The van der Waals surface area contributed by atoms with Gasteiger partial charge in [0.25, 0.3) is 0 Å². The van der Waals surface area contributed by atoms with Crippen LogP contribution in [0.2, 0.25) is 0 Å². The highest BCUT2D eigenvalue weighted by molar-refractivity contribution is 7.80. The molecule has 0 fully saturated rings. The third kappa shape index (κ3) is 51.5. The first-order chi connectivity index (χ1) is 62.2. The summed E-state index contributed by atoms with van der Waals surface area (Å²) in [7, 11) is 0. The Morgan fingerprint density at radius 1 is 0.222 bits per heavy atom. The number of hydrogen-bond donors (Lipinski definition) is 4. The lowest BCUT2D eigenvalue weighted by Crippen LogP contribution is -2.34. The maximum atomic E-state index is 6.75. The van der Waals surface area contributed by atoms with Gasteiger partial charge in [0, 0.05) is 51.0 Å². The lowest BCUT2D eigenvalue weighted by Gasteiger charge is -2.19. The molecule has 4 heterocycles. The molecule has 0 unspecified atom stereocenters. The van der Waals surface area contributed by atoms with Crippen molar-refractivity contribution in [3.8, 4) is 68.9 Å². The van der Waals surface area contributed by atoms with Crippen LogP contribution < -0.4 is 49.7 Å². The van der Waals surface area contributed by atoms with Crippen LogP contribution in [-0.2, 0) is 26.2 Å². The number of unbranched alkanes of at least 4 members (excludes halogenated alkanes) is 54. The summed E-state index contributed by atoms with van der Waals surface area (Å²) in [6.07, 6.45) is 83.5. The molecular weight excluding hydrogens is 1600 g/mol. The van der Waals surface area contributed by atoms with Crippen LogP contribution in [0.3, 0.4) is 0 Å². The van der Waals surface area contributed by atoms with Crippen molar-refractivity contribution in [2.45, 2.75) is 453 Å². The molecule has 0 aliphatic rings. The molecule has 0 aliphatic heterocycles. The Labute approximate surface area is 778 Å². The number of nitrogens with zero attached hydrogens (tertiary/aromatic N) is 6. The Hall–Kier alpha value is -6.92. The van der Waals surface area contributed by atoms with Gasteiger partial charge in [0.2, 0.25) is 11.5 Å². The van der Waals surface area contributed by atoms with E-state index in [2.05, 4.69) is 97.0 Å². The first-order valence-corrected chi connectivity index (χ1v) is 52.8. The number of pyridine rings is 2. The van der Waals surface area contributed by atoms with Gasteiger partial charge >= 0.3 is 0 Å². The molecule has 6 aromatic rings. The zero-order valence-electron chi connectivity index (χ0n) is 80.5. The van der Waals surface area contributed by atoms with Crippen molar-refractivity contribution in [2.24, 2.45) is 0 Å². The predicted molar refractivity (Wildman–Crippen MR) is 539 cm³/mol. The fourth-order valence-corrected chi connectivity index (χ4v) is 16.6. The van der Waals surface area contributed by atoms with E-state index in [4.69, 9.17) is 72.8 Å². The van der Waals surface area contributed by atoms with E-state index < -0.39 is 0 Å². The van der Waals surface area contributed by atoms with E-state index in [1.54, 1.807) is 24.8 Å². The third-order valence-electron chi connectivity index (χ3n) is 24.2. The lowest BCUT2D eigenvalue weighted by molar-refractivity contribution is 0.233. The lowest BCUT2D eigenvalue weighted by atomic mass is 10.1. The van der Waals surface area contributed by atoms with E-state index in [0.717, 1.165) is 134 Å². The van der Waals surface area contributed by atoms with E-state index in [0.29, 0.717) is 110 Å². The van der Waals surface area contributed by atoms with E-state index in [1.165, 1.54) is 308 Å². The SMILES string of the molecule is CCCCCCCCCCCCOc1cc(CNC(=S)NCc2ccnc(-c3ccnc(-c4nccc(-c5cc(CNC(=S)NCc6cc(OCCCCCCCCCCCC)c(OCCCCCCCCCCCC)c(OCCCCCCCCCCCC)c6)ccn5)n4)n3)c2)cc(OCCCCCCCCCCCC)c1OCCCCCCCCCCCC. The summed E-state index contributed by atoms with van der Waals surface area (Å²) in [5.41, 5.74) is 6.67. The maximum Gasteiger partial charge on any atom is 0.203 e. The van der Waals surface area contributed by atoms with Crippen LogP contribution in [0.1, 0.15) is 449 Å². The Kier molecular flexibility index (Phi) is 64.0. The van der Waals surface area contributed by atoms with Gasteiger partial charge in [-0.3, -0.25) is 9.97 Å². The molecule has 16 nitrogen and oxygen atoms in total. The first-order valence-electron chi connectivity index (χ1n) is 52.0. The number of aromatic nitrogens is 6. The molecule has 0 spiro atoms. The predicted octanol–water partition coefficient (Wildman–Crippen LogP) is 31.2. The maximum absolute atomic E-state index is 6.75. The number of benzene rings is 2. The molecule has 0 bridgehead atoms. The van der Waals surface area contributed by atoms with Gasteiger partial charge in [0.1, 0.15) is 0 Å². The van der Waals surface area contributed by atoms with Crippen LogP contribution in [0.4, 0.5) is 0 Å². The van der Waals surface area contributed by atoms with Crippen molar-refractivity contribution in [1.29, 1.82) is 0 Å². The molecule has 0 atom stereocenters. The van der Waals surface area contributed by atoms with Crippen molar-refractivity contribution < 1.29 is 28.4 Å². The molecule has 18 heteroatoms. The highest BCUT2D eigenvalue weighted by Crippen LogP contribution is 2.42.